The van der Waals surface area contributed by atoms with Crippen molar-refractivity contribution in [2.45, 2.75) is 13.8 Å². The van der Waals surface area contributed by atoms with E-state index in [0.29, 0.717) is 0 Å². The molecule has 0 saturated heterocycles. The highest BCUT2D eigenvalue weighted by atomic mass is 14.8. The Bertz CT molecular complexity index is 598. The van der Waals surface area contributed by atoms with Crippen LogP contribution in [0.2, 0.25) is 0 Å². The first-order valence-electron chi connectivity index (χ1n) is 6.34. The first-order chi connectivity index (χ1) is 9.27. The number of anilines is 1. The SMILES string of the molecule is Cc1ccccc1N=C/C=C/Nc1ccccc1C. The van der Waals surface area contributed by atoms with Crippen LogP contribution in [0.3, 0.4) is 0 Å². The fourth-order valence-corrected chi connectivity index (χ4v) is 1.75. The van der Waals surface area contributed by atoms with Crippen molar-refractivity contribution < 1.29 is 0 Å². The maximum Gasteiger partial charge on any atom is 0.0658 e. The summed E-state index contributed by atoms with van der Waals surface area (Å²) in [6, 6.07) is 16.3. The van der Waals surface area contributed by atoms with Gasteiger partial charge in [-0.25, -0.2) is 0 Å². The van der Waals surface area contributed by atoms with Gasteiger partial charge in [-0.05, 0) is 43.2 Å². The van der Waals surface area contributed by atoms with Crippen LogP contribution in [-0.4, -0.2) is 6.21 Å². The van der Waals surface area contributed by atoms with E-state index in [1.807, 2.05) is 42.6 Å². The van der Waals surface area contributed by atoms with Gasteiger partial charge in [-0.3, -0.25) is 4.99 Å². The van der Waals surface area contributed by atoms with Crippen molar-refractivity contribution in [2.24, 2.45) is 4.99 Å². The van der Waals surface area contributed by atoms with Gasteiger partial charge in [0.15, 0.2) is 0 Å². The van der Waals surface area contributed by atoms with Gasteiger partial charge in [-0.15, -0.1) is 0 Å². The lowest BCUT2D eigenvalue weighted by Crippen LogP contribution is -1.89. The Morgan fingerprint density at radius 2 is 1.58 bits per heavy atom. The van der Waals surface area contributed by atoms with Crippen molar-refractivity contribution in [1.82, 2.24) is 0 Å². The van der Waals surface area contributed by atoms with Crippen LogP contribution >= 0.6 is 0 Å². The van der Waals surface area contributed by atoms with Gasteiger partial charge in [0, 0.05) is 18.1 Å². The topological polar surface area (TPSA) is 24.4 Å². The summed E-state index contributed by atoms with van der Waals surface area (Å²) in [6.07, 6.45) is 5.59. The minimum atomic E-state index is 1.00. The average Bonchev–Trinajstić information content (AvgIpc) is 2.42. The number of hydrogen-bond donors (Lipinski definition) is 1. The van der Waals surface area contributed by atoms with Crippen molar-refractivity contribution in [3.8, 4) is 0 Å². The van der Waals surface area contributed by atoms with Crippen LogP contribution in [0.1, 0.15) is 11.1 Å². The van der Waals surface area contributed by atoms with Crippen LogP contribution in [0.15, 0.2) is 65.8 Å². The van der Waals surface area contributed by atoms with Crippen molar-refractivity contribution in [3.63, 3.8) is 0 Å². The number of allylic oxidation sites excluding steroid dienone is 1. The molecule has 0 amide bonds. The Kier molecular flexibility index (Phi) is 4.51. The van der Waals surface area contributed by atoms with E-state index < -0.39 is 0 Å². The van der Waals surface area contributed by atoms with E-state index in [1.54, 1.807) is 6.21 Å². The molecular weight excluding hydrogens is 232 g/mol. The average molecular weight is 250 g/mol. The maximum atomic E-state index is 4.41. The highest BCUT2D eigenvalue weighted by Gasteiger charge is 1.92. The normalized spacial score (nSPS) is 11.3. The quantitative estimate of drug-likeness (QED) is 0.786. The third kappa shape index (κ3) is 3.81. The number of aryl methyl sites for hydroxylation is 2. The Balaban J connectivity index is 1.94. The third-order valence-corrected chi connectivity index (χ3v) is 2.90. The highest BCUT2D eigenvalue weighted by molar-refractivity contribution is 5.75. The highest BCUT2D eigenvalue weighted by Crippen LogP contribution is 2.16. The molecule has 2 aromatic rings. The molecule has 0 spiro atoms. The van der Waals surface area contributed by atoms with Gasteiger partial charge in [-0.2, -0.15) is 0 Å². The molecule has 0 aliphatic heterocycles. The standard InChI is InChI=1S/C17H18N2/c1-14-8-3-5-10-16(14)18-12-7-13-19-17-11-6-4-9-15(17)2/h3-13,18H,1-2H3/b12-7+,19-13?. The fraction of sp³-hybridized carbons (Fsp3) is 0.118. The summed E-state index contributed by atoms with van der Waals surface area (Å²) < 4.78 is 0. The molecule has 96 valence electrons. The van der Waals surface area contributed by atoms with Crippen LogP contribution in [0.5, 0.6) is 0 Å². The molecule has 0 unspecified atom stereocenters. The van der Waals surface area contributed by atoms with Gasteiger partial charge < -0.3 is 5.32 Å². The van der Waals surface area contributed by atoms with Gasteiger partial charge >= 0.3 is 0 Å². The molecule has 1 N–H and O–H groups in total. The number of para-hydroxylation sites is 2. The Hall–Kier alpha value is -2.35. The Labute approximate surface area is 114 Å². The van der Waals surface area contributed by atoms with E-state index in [4.69, 9.17) is 0 Å². The van der Waals surface area contributed by atoms with Gasteiger partial charge in [0.05, 0.1) is 5.69 Å². The lowest BCUT2D eigenvalue weighted by Gasteiger charge is -2.03. The molecular formula is C17H18N2. The summed E-state index contributed by atoms with van der Waals surface area (Å²) in [5.74, 6) is 0. The molecule has 0 saturated carbocycles. The van der Waals surface area contributed by atoms with E-state index in [9.17, 15) is 0 Å². The van der Waals surface area contributed by atoms with Crippen molar-refractivity contribution in [3.05, 3.63) is 71.9 Å². The lowest BCUT2D eigenvalue weighted by atomic mass is 10.2. The Morgan fingerprint density at radius 3 is 2.32 bits per heavy atom. The van der Waals surface area contributed by atoms with E-state index in [0.717, 1.165) is 11.4 Å². The zero-order chi connectivity index (χ0) is 13.5. The van der Waals surface area contributed by atoms with E-state index in [-0.39, 0.29) is 0 Å². The van der Waals surface area contributed by atoms with E-state index >= 15 is 0 Å². The van der Waals surface area contributed by atoms with Crippen LogP contribution in [0.4, 0.5) is 11.4 Å². The van der Waals surface area contributed by atoms with Crippen molar-refractivity contribution in [2.75, 3.05) is 5.32 Å². The second-order valence-electron chi connectivity index (χ2n) is 4.38. The molecule has 2 aromatic carbocycles. The number of nitrogens with zero attached hydrogens (tertiary/aromatic N) is 1. The van der Waals surface area contributed by atoms with Gasteiger partial charge in [0.25, 0.3) is 0 Å². The van der Waals surface area contributed by atoms with Crippen LogP contribution in [0.25, 0.3) is 0 Å². The van der Waals surface area contributed by atoms with Gasteiger partial charge in [-0.1, -0.05) is 36.4 Å². The van der Waals surface area contributed by atoms with Crippen LogP contribution < -0.4 is 5.32 Å². The number of nitrogens with one attached hydrogen (secondary N) is 1. The molecule has 0 radical (unpaired) electrons. The fourth-order valence-electron chi connectivity index (χ4n) is 1.75. The number of benzene rings is 2. The third-order valence-electron chi connectivity index (χ3n) is 2.90. The molecule has 0 heterocycles. The predicted octanol–water partition coefficient (Wildman–Crippen LogP) is 4.63. The smallest absolute Gasteiger partial charge is 0.0658 e. The zero-order valence-electron chi connectivity index (χ0n) is 11.3. The second-order valence-corrected chi connectivity index (χ2v) is 4.38. The maximum absolute atomic E-state index is 4.41. The molecule has 2 rings (SSSR count). The van der Waals surface area contributed by atoms with Crippen LogP contribution in [0, 0.1) is 13.8 Å². The summed E-state index contributed by atoms with van der Waals surface area (Å²) in [6.45, 7) is 4.14. The number of aliphatic imine (C=N–C) groups is 1. The summed E-state index contributed by atoms with van der Waals surface area (Å²) >= 11 is 0. The van der Waals surface area contributed by atoms with Crippen molar-refractivity contribution in [1.29, 1.82) is 0 Å². The molecule has 2 nitrogen and oxygen atoms in total. The summed E-state index contributed by atoms with van der Waals surface area (Å²) in [5.41, 5.74) is 4.52. The molecule has 0 aliphatic rings. The lowest BCUT2D eigenvalue weighted by molar-refractivity contribution is 1.41. The molecule has 0 aromatic heterocycles. The minimum absolute atomic E-state index is 1.00. The Morgan fingerprint density at radius 1 is 0.895 bits per heavy atom. The minimum Gasteiger partial charge on any atom is -0.361 e. The van der Waals surface area contributed by atoms with E-state index in [2.05, 4.69) is 42.4 Å². The van der Waals surface area contributed by atoms with Gasteiger partial charge in [0.2, 0.25) is 0 Å². The second kappa shape index (κ2) is 6.55. The first kappa shape index (κ1) is 13.1. The zero-order valence-corrected chi connectivity index (χ0v) is 11.3. The largest absolute Gasteiger partial charge is 0.361 e. The van der Waals surface area contributed by atoms with E-state index in [1.165, 1.54) is 11.1 Å². The van der Waals surface area contributed by atoms with Crippen molar-refractivity contribution >= 4 is 17.6 Å². The molecule has 0 aliphatic carbocycles. The summed E-state index contributed by atoms with van der Waals surface area (Å²) in [7, 11) is 0. The first-order valence-corrected chi connectivity index (χ1v) is 6.34. The predicted molar refractivity (Wildman–Crippen MR) is 83.3 cm³/mol. The van der Waals surface area contributed by atoms with Gasteiger partial charge in [0.1, 0.15) is 0 Å². The molecule has 0 fully saturated rings. The molecule has 0 atom stereocenters. The molecule has 19 heavy (non-hydrogen) atoms. The summed E-state index contributed by atoms with van der Waals surface area (Å²) in [4.78, 5) is 4.41. The number of rotatable bonds is 4. The molecule has 0 bridgehead atoms. The molecule has 2 heteroatoms. The number of hydrogen-bond acceptors (Lipinski definition) is 2. The summed E-state index contributed by atoms with van der Waals surface area (Å²) in [5, 5.41) is 3.24. The monoisotopic (exact) mass is 250 g/mol. The van der Waals surface area contributed by atoms with Crippen LogP contribution in [-0.2, 0) is 0 Å².